The maximum Gasteiger partial charge on any atom is 0.263 e. The number of nitrogens with zero attached hydrogens (tertiary/aromatic N) is 2. The van der Waals surface area contributed by atoms with Gasteiger partial charge >= 0.3 is 0 Å². The molecule has 1 heterocycles. The maximum atomic E-state index is 12.3. The van der Waals surface area contributed by atoms with Gasteiger partial charge in [0.05, 0.1) is 9.79 Å². The van der Waals surface area contributed by atoms with Crippen molar-refractivity contribution in [1.82, 2.24) is 10.2 Å². The van der Waals surface area contributed by atoms with Crippen LogP contribution in [0.2, 0.25) is 0 Å². The average molecular weight is 394 g/mol. The number of aromatic nitrogens is 2. The minimum absolute atomic E-state index is 0.0390. The van der Waals surface area contributed by atoms with Gasteiger partial charge in [0.1, 0.15) is 0 Å². The summed E-state index contributed by atoms with van der Waals surface area (Å²) < 4.78 is 50.3. The first-order valence-corrected chi connectivity index (χ1v) is 11.7. The number of hydrogen-bond acceptors (Lipinski definition) is 8. The molecule has 0 bridgehead atoms. The lowest BCUT2D eigenvalue weighted by atomic mass is 10.4. The van der Waals surface area contributed by atoms with Gasteiger partial charge in [-0.2, -0.15) is 0 Å². The number of anilines is 1. The van der Waals surface area contributed by atoms with E-state index in [2.05, 4.69) is 14.9 Å². The molecule has 0 aliphatic carbocycles. The van der Waals surface area contributed by atoms with E-state index in [1.807, 2.05) is 6.92 Å². The molecule has 2 rings (SSSR count). The minimum atomic E-state index is -3.83. The SMILES string of the molecule is CCCSc1nnc(NS(=O)(=O)c2ccc(S(C)(=O)=O)cc2)s1. The fraction of sp³-hybridized carbons (Fsp3) is 0.333. The molecule has 126 valence electrons. The summed E-state index contributed by atoms with van der Waals surface area (Å²) in [6.07, 6.45) is 2.05. The molecule has 0 aliphatic heterocycles. The van der Waals surface area contributed by atoms with E-state index in [9.17, 15) is 16.8 Å². The number of benzene rings is 1. The third-order valence-electron chi connectivity index (χ3n) is 2.62. The molecule has 0 saturated carbocycles. The minimum Gasteiger partial charge on any atom is -0.253 e. The first-order chi connectivity index (χ1) is 10.7. The predicted molar refractivity (Wildman–Crippen MR) is 91.3 cm³/mol. The Bertz CT molecular complexity index is 873. The molecule has 0 atom stereocenters. The number of rotatable bonds is 7. The molecule has 0 amide bonds. The zero-order valence-electron chi connectivity index (χ0n) is 12.4. The van der Waals surface area contributed by atoms with Crippen LogP contribution in [0.3, 0.4) is 0 Å². The molecule has 1 aromatic heterocycles. The van der Waals surface area contributed by atoms with Crippen molar-refractivity contribution in [3.8, 4) is 0 Å². The normalized spacial score (nSPS) is 12.3. The summed E-state index contributed by atoms with van der Waals surface area (Å²) in [7, 11) is -7.20. The fourth-order valence-corrected chi connectivity index (χ4v) is 5.08. The second-order valence-electron chi connectivity index (χ2n) is 4.57. The van der Waals surface area contributed by atoms with Gasteiger partial charge in [-0.05, 0) is 30.7 Å². The standard InChI is InChI=1S/C12H15N3O4S4/c1-3-8-20-12-14-13-11(21-12)15-23(18,19)10-6-4-9(5-7-10)22(2,16)17/h4-7H,3,8H2,1-2H3,(H,13,15). The molecule has 0 radical (unpaired) electrons. The van der Waals surface area contributed by atoms with Crippen LogP contribution in [0.15, 0.2) is 38.4 Å². The van der Waals surface area contributed by atoms with E-state index in [-0.39, 0.29) is 14.9 Å². The smallest absolute Gasteiger partial charge is 0.253 e. The van der Waals surface area contributed by atoms with Crippen molar-refractivity contribution >= 4 is 48.1 Å². The van der Waals surface area contributed by atoms with Gasteiger partial charge in [0, 0.05) is 12.0 Å². The summed E-state index contributed by atoms with van der Waals surface area (Å²) in [5, 5.41) is 7.88. The Labute approximate surface area is 143 Å². The Morgan fingerprint density at radius 1 is 1.09 bits per heavy atom. The van der Waals surface area contributed by atoms with Gasteiger partial charge in [0.15, 0.2) is 14.2 Å². The van der Waals surface area contributed by atoms with Crippen molar-refractivity contribution in [3.05, 3.63) is 24.3 Å². The van der Waals surface area contributed by atoms with E-state index >= 15 is 0 Å². The Morgan fingerprint density at radius 3 is 2.26 bits per heavy atom. The monoisotopic (exact) mass is 393 g/mol. The van der Waals surface area contributed by atoms with Gasteiger partial charge in [0.25, 0.3) is 10.0 Å². The third kappa shape index (κ3) is 4.90. The second-order valence-corrected chi connectivity index (χ2v) is 10.6. The van der Waals surface area contributed by atoms with E-state index in [0.29, 0.717) is 4.34 Å². The Balaban J connectivity index is 2.17. The molecule has 23 heavy (non-hydrogen) atoms. The quantitative estimate of drug-likeness (QED) is 0.719. The van der Waals surface area contributed by atoms with E-state index in [4.69, 9.17) is 0 Å². The van der Waals surface area contributed by atoms with Crippen LogP contribution in [0.25, 0.3) is 0 Å². The number of sulfone groups is 1. The van der Waals surface area contributed by atoms with Crippen molar-refractivity contribution < 1.29 is 16.8 Å². The molecule has 0 unspecified atom stereocenters. The average Bonchev–Trinajstić information content (AvgIpc) is 2.91. The number of hydrogen-bond donors (Lipinski definition) is 1. The highest BCUT2D eigenvalue weighted by Gasteiger charge is 2.18. The largest absolute Gasteiger partial charge is 0.263 e. The molecule has 0 fully saturated rings. The van der Waals surface area contributed by atoms with Crippen LogP contribution in [-0.2, 0) is 19.9 Å². The summed E-state index contributed by atoms with van der Waals surface area (Å²) in [6, 6.07) is 5.00. The zero-order valence-corrected chi connectivity index (χ0v) is 15.7. The lowest BCUT2D eigenvalue weighted by Gasteiger charge is -2.05. The number of nitrogens with one attached hydrogen (secondary N) is 1. The van der Waals surface area contributed by atoms with Crippen LogP contribution in [-0.4, -0.2) is 39.0 Å². The van der Waals surface area contributed by atoms with Crippen molar-refractivity contribution in [2.24, 2.45) is 0 Å². The first-order valence-electron chi connectivity index (χ1n) is 6.51. The molecule has 1 N–H and O–H groups in total. The molecule has 7 nitrogen and oxygen atoms in total. The van der Waals surface area contributed by atoms with Crippen LogP contribution in [0.1, 0.15) is 13.3 Å². The van der Waals surface area contributed by atoms with Gasteiger partial charge in [-0.25, -0.2) is 16.8 Å². The van der Waals surface area contributed by atoms with Gasteiger partial charge in [-0.1, -0.05) is 30.0 Å². The van der Waals surface area contributed by atoms with Gasteiger partial charge < -0.3 is 0 Å². The van der Waals surface area contributed by atoms with Crippen molar-refractivity contribution in [2.75, 3.05) is 16.7 Å². The highest BCUT2D eigenvalue weighted by molar-refractivity contribution is 8.01. The lowest BCUT2D eigenvalue weighted by Crippen LogP contribution is -2.13. The second kappa shape index (κ2) is 7.16. The topological polar surface area (TPSA) is 106 Å². The Kier molecular flexibility index (Phi) is 5.65. The zero-order chi connectivity index (χ0) is 17.1. The molecule has 0 aliphatic rings. The van der Waals surface area contributed by atoms with Gasteiger partial charge in [-0.3, -0.25) is 4.72 Å². The Morgan fingerprint density at radius 2 is 1.70 bits per heavy atom. The fourth-order valence-electron chi connectivity index (χ4n) is 1.54. The van der Waals surface area contributed by atoms with E-state index in [0.717, 1.165) is 29.8 Å². The maximum absolute atomic E-state index is 12.3. The molecular formula is C12H15N3O4S4. The van der Waals surface area contributed by atoms with Crippen molar-refractivity contribution in [1.29, 1.82) is 0 Å². The molecule has 1 aromatic carbocycles. The molecule has 0 spiro atoms. The third-order valence-corrected chi connectivity index (χ3v) is 7.41. The Hall–Kier alpha value is -1.17. The van der Waals surface area contributed by atoms with E-state index in [1.54, 1.807) is 0 Å². The lowest BCUT2D eigenvalue weighted by molar-refractivity contribution is 0.597. The van der Waals surface area contributed by atoms with Crippen LogP contribution >= 0.6 is 23.1 Å². The summed E-state index contributed by atoms with van der Waals surface area (Å²) in [4.78, 5) is 0.0217. The molecule has 0 saturated heterocycles. The van der Waals surface area contributed by atoms with Crippen LogP contribution in [0, 0.1) is 0 Å². The summed E-state index contributed by atoms with van der Waals surface area (Å²) >= 11 is 2.67. The van der Waals surface area contributed by atoms with Crippen molar-refractivity contribution in [2.45, 2.75) is 27.5 Å². The highest BCUT2D eigenvalue weighted by Crippen LogP contribution is 2.27. The summed E-state index contributed by atoms with van der Waals surface area (Å²) in [5.74, 6) is 0.883. The van der Waals surface area contributed by atoms with E-state index in [1.165, 1.54) is 36.0 Å². The van der Waals surface area contributed by atoms with Crippen molar-refractivity contribution in [3.63, 3.8) is 0 Å². The highest BCUT2D eigenvalue weighted by atomic mass is 32.2. The van der Waals surface area contributed by atoms with Crippen LogP contribution < -0.4 is 4.72 Å². The van der Waals surface area contributed by atoms with Gasteiger partial charge in [-0.15, -0.1) is 10.2 Å². The predicted octanol–water partition coefficient (Wildman–Crippen LogP) is 2.24. The molecule has 11 heteroatoms. The number of sulfonamides is 1. The van der Waals surface area contributed by atoms with Gasteiger partial charge in [0.2, 0.25) is 5.13 Å². The molecular weight excluding hydrogens is 378 g/mol. The molecule has 2 aromatic rings. The van der Waals surface area contributed by atoms with Crippen LogP contribution in [0.5, 0.6) is 0 Å². The van der Waals surface area contributed by atoms with Crippen LogP contribution in [0.4, 0.5) is 5.13 Å². The summed E-state index contributed by atoms with van der Waals surface area (Å²) in [6.45, 7) is 2.04. The summed E-state index contributed by atoms with van der Waals surface area (Å²) in [5.41, 5.74) is 0. The first kappa shape index (κ1) is 18.2. The van der Waals surface area contributed by atoms with E-state index < -0.39 is 19.9 Å². The number of thioether (sulfide) groups is 1.